The molecule has 0 aliphatic heterocycles. The van der Waals surface area contributed by atoms with Crippen LogP contribution in [0.25, 0.3) is 0 Å². The lowest BCUT2D eigenvalue weighted by atomic mass is 10.2. The van der Waals surface area contributed by atoms with Gasteiger partial charge in [-0.25, -0.2) is 4.98 Å². The number of benzene rings is 1. The Morgan fingerprint density at radius 2 is 2.12 bits per heavy atom. The zero-order valence-corrected chi connectivity index (χ0v) is 16.2. The van der Waals surface area contributed by atoms with Crippen LogP contribution >= 0.6 is 39.3 Å². The number of anilines is 2. The van der Waals surface area contributed by atoms with Crippen LogP contribution in [0.15, 0.2) is 55.4 Å². The Labute approximate surface area is 165 Å². The van der Waals surface area contributed by atoms with Crippen LogP contribution in [0, 0.1) is 0 Å². The van der Waals surface area contributed by atoms with Gasteiger partial charge >= 0.3 is 0 Å². The summed E-state index contributed by atoms with van der Waals surface area (Å²) in [6.45, 7) is 0. The third-order valence-corrected chi connectivity index (χ3v) is 5.00. The summed E-state index contributed by atoms with van der Waals surface area (Å²) < 4.78 is 5.53. The van der Waals surface area contributed by atoms with Gasteiger partial charge in [-0.05, 0) is 39.7 Å². The zero-order valence-electron chi connectivity index (χ0n) is 13.1. The number of halogens is 2. The number of aromatic nitrogens is 2. The maximum absolute atomic E-state index is 12.2. The molecule has 10 heteroatoms. The molecular formula is C16H12BrClN4O3S. The van der Waals surface area contributed by atoms with E-state index in [0.29, 0.717) is 20.6 Å². The number of thioether (sulfide) groups is 1. The molecule has 0 aliphatic rings. The van der Waals surface area contributed by atoms with Gasteiger partial charge in [-0.15, -0.1) is 0 Å². The van der Waals surface area contributed by atoms with Gasteiger partial charge in [0.2, 0.25) is 0 Å². The molecule has 0 fully saturated rings. The normalized spacial score (nSPS) is 10.7. The van der Waals surface area contributed by atoms with Gasteiger partial charge in [-0.1, -0.05) is 41.6 Å². The molecule has 134 valence electrons. The Bertz CT molecular complexity index is 1020. The molecule has 1 aromatic carbocycles. The van der Waals surface area contributed by atoms with E-state index in [9.17, 15) is 9.59 Å². The maximum Gasteiger partial charge on any atom is 0.291 e. The molecule has 4 N–H and O–H groups in total. The third-order valence-electron chi connectivity index (χ3n) is 3.28. The molecule has 0 atom stereocenters. The van der Waals surface area contributed by atoms with E-state index in [0.717, 1.165) is 5.56 Å². The lowest BCUT2D eigenvalue weighted by Crippen LogP contribution is -2.22. The van der Waals surface area contributed by atoms with Crippen LogP contribution in [0.5, 0.6) is 0 Å². The predicted octanol–water partition coefficient (Wildman–Crippen LogP) is 3.91. The van der Waals surface area contributed by atoms with Crippen molar-refractivity contribution in [3.63, 3.8) is 0 Å². The number of H-pyrrole nitrogens is 1. The van der Waals surface area contributed by atoms with Crippen molar-refractivity contribution >= 4 is 56.7 Å². The fourth-order valence-corrected chi connectivity index (χ4v) is 3.49. The van der Waals surface area contributed by atoms with Crippen molar-refractivity contribution in [2.45, 2.75) is 10.9 Å². The number of nitrogens with two attached hydrogens (primary N) is 1. The van der Waals surface area contributed by atoms with Gasteiger partial charge in [-0.2, -0.15) is 0 Å². The van der Waals surface area contributed by atoms with Gasteiger partial charge in [0.1, 0.15) is 0 Å². The highest BCUT2D eigenvalue weighted by atomic mass is 79.9. The van der Waals surface area contributed by atoms with E-state index in [-0.39, 0.29) is 17.3 Å². The number of hydrogen-bond acceptors (Lipinski definition) is 6. The lowest BCUT2D eigenvalue weighted by molar-refractivity contribution is 0.0995. The topological polar surface area (TPSA) is 114 Å². The van der Waals surface area contributed by atoms with Gasteiger partial charge in [0.25, 0.3) is 11.5 Å². The van der Waals surface area contributed by atoms with Crippen molar-refractivity contribution < 1.29 is 9.21 Å². The minimum absolute atomic E-state index is 0.0350. The second-order valence-corrected chi connectivity index (χ2v) is 7.22. The highest BCUT2D eigenvalue weighted by Crippen LogP contribution is 2.25. The fourth-order valence-electron chi connectivity index (χ4n) is 2.03. The summed E-state index contributed by atoms with van der Waals surface area (Å²) in [7, 11) is 0. The number of nitrogens with one attached hydrogen (secondary N) is 2. The summed E-state index contributed by atoms with van der Waals surface area (Å²) in [5.41, 5.74) is 6.04. The van der Waals surface area contributed by atoms with Crippen LogP contribution in [0.2, 0.25) is 5.02 Å². The molecular weight excluding hydrogens is 444 g/mol. The highest BCUT2D eigenvalue weighted by Gasteiger charge is 2.16. The van der Waals surface area contributed by atoms with Crippen LogP contribution in [0.1, 0.15) is 16.1 Å². The minimum atomic E-state index is -0.605. The minimum Gasteiger partial charge on any atom is -0.444 e. The van der Waals surface area contributed by atoms with Crippen LogP contribution in [0.4, 0.5) is 11.5 Å². The maximum atomic E-state index is 12.2. The summed E-state index contributed by atoms with van der Waals surface area (Å²) in [6, 6.07) is 10.4. The van der Waals surface area contributed by atoms with E-state index < -0.39 is 11.5 Å². The standard InChI is InChI=1S/C16H12BrClN4O3S/c17-11-6-5-10(25-11)14(23)20-12-13(19)21-16(22-15(12)24)26-7-8-3-1-2-4-9(8)18/h1-6H,7H2,(H,20,23)(H3,19,21,22,24). The van der Waals surface area contributed by atoms with Crippen LogP contribution in [-0.4, -0.2) is 15.9 Å². The molecule has 3 aromatic rings. The number of nitrogens with zero attached hydrogens (tertiary/aromatic N) is 1. The smallest absolute Gasteiger partial charge is 0.291 e. The molecule has 0 bridgehead atoms. The second-order valence-electron chi connectivity index (χ2n) is 5.07. The summed E-state index contributed by atoms with van der Waals surface area (Å²) in [6.07, 6.45) is 0. The number of carbonyl (C=O) groups excluding carboxylic acids is 1. The van der Waals surface area contributed by atoms with E-state index in [1.807, 2.05) is 18.2 Å². The fraction of sp³-hybridized carbons (Fsp3) is 0.0625. The van der Waals surface area contributed by atoms with Crippen molar-refractivity contribution in [1.29, 1.82) is 0 Å². The monoisotopic (exact) mass is 454 g/mol. The summed E-state index contributed by atoms with van der Waals surface area (Å²) >= 11 is 10.5. The molecule has 0 radical (unpaired) electrons. The summed E-state index contributed by atoms with van der Waals surface area (Å²) in [5.74, 6) is -0.151. The van der Waals surface area contributed by atoms with Gasteiger partial charge in [-0.3, -0.25) is 14.6 Å². The average Bonchev–Trinajstić information content (AvgIpc) is 3.04. The number of carbonyl (C=O) groups is 1. The molecule has 3 rings (SSSR count). The molecule has 0 saturated heterocycles. The first-order valence-corrected chi connectivity index (χ1v) is 9.42. The Balaban J connectivity index is 1.75. The highest BCUT2D eigenvalue weighted by molar-refractivity contribution is 9.10. The van der Waals surface area contributed by atoms with E-state index >= 15 is 0 Å². The Morgan fingerprint density at radius 1 is 1.35 bits per heavy atom. The first kappa shape index (κ1) is 18.6. The number of aromatic amines is 1. The number of hydrogen-bond donors (Lipinski definition) is 3. The van der Waals surface area contributed by atoms with E-state index in [1.54, 1.807) is 12.1 Å². The molecule has 7 nitrogen and oxygen atoms in total. The largest absolute Gasteiger partial charge is 0.444 e. The number of amides is 1. The zero-order chi connectivity index (χ0) is 18.7. The van der Waals surface area contributed by atoms with Gasteiger partial charge in [0.15, 0.2) is 27.1 Å². The second kappa shape index (κ2) is 7.98. The predicted molar refractivity (Wildman–Crippen MR) is 105 cm³/mol. The van der Waals surface area contributed by atoms with Gasteiger partial charge < -0.3 is 15.5 Å². The van der Waals surface area contributed by atoms with E-state index in [2.05, 4.69) is 31.2 Å². The Kier molecular flexibility index (Phi) is 5.70. The molecule has 26 heavy (non-hydrogen) atoms. The van der Waals surface area contributed by atoms with Gasteiger partial charge in [0.05, 0.1) is 0 Å². The first-order chi connectivity index (χ1) is 12.4. The quantitative estimate of drug-likeness (QED) is 0.397. The Hall–Kier alpha value is -2.23. The van der Waals surface area contributed by atoms with Crippen molar-refractivity contribution in [2.75, 3.05) is 11.1 Å². The molecule has 2 aromatic heterocycles. The number of nitrogen functional groups attached to an aromatic ring is 1. The van der Waals surface area contributed by atoms with Gasteiger partial charge in [0, 0.05) is 10.8 Å². The number of furan rings is 1. The van der Waals surface area contributed by atoms with E-state index in [4.69, 9.17) is 21.8 Å². The van der Waals surface area contributed by atoms with Crippen LogP contribution in [-0.2, 0) is 5.75 Å². The first-order valence-electron chi connectivity index (χ1n) is 7.26. The summed E-state index contributed by atoms with van der Waals surface area (Å²) in [5, 5.41) is 3.36. The molecule has 0 saturated carbocycles. The molecule has 0 unspecified atom stereocenters. The average molecular weight is 456 g/mol. The van der Waals surface area contributed by atoms with Crippen molar-refractivity contribution in [1.82, 2.24) is 9.97 Å². The molecule has 1 amide bonds. The van der Waals surface area contributed by atoms with Crippen molar-refractivity contribution in [3.05, 3.63) is 67.8 Å². The van der Waals surface area contributed by atoms with Crippen LogP contribution in [0.3, 0.4) is 0 Å². The Morgan fingerprint density at radius 3 is 2.77 bits per heavy atom. The third kappa shape index (κ3) is 4.29. The van der Waals surface area contributed by atoms with Crippen molar-refractivity contribution in [2.24, 2.45) is 0 Å². The van der Waals surface area contributed by atoms with E-state index in [1.165, 1.54) is 17.8 Å². The number of rotatable bonds is 5. The SMILES string of the molecule is Nc1nc(SCc2ccccc2Cl)[nH]c(=O)c1NC(=O)c1ccc(Br)o1. The molecule has 0 spiro atoms. The molecule has 0 aliphatic carbocycles. The summed E-state index contributed by atoms with van der Waals surface area (Å²) in [4.78, 5) is 31.0. The molecule has 2 heterocycles. The lowest BCUT2D eigenvalue weighted by Gasteiger charge is -2.08. The van der Waals surface area contributed by atoms with Crippen molar-refractivity contribution in [3.8, 4) is 0 Å². The van der Waals surface area contributed by atoms with Crippen LogP contribution < -0.4 is 16.6 Å².